The molecule has 0 spiro atoms. The number of aliphatic hydroxyl groups is 1. The van der Waals surface area contributed by atoms with Crippen molar-refractivity contribution in [3.05, 3.63) is 65.2 Å². The molecule has 2 rings (SSSR count). The summed E-state index contributed by atoms with van der Waals surface area (Å²) in [5, 5.41) is 20.0. The van der Waals surface area contributed by atoms with Crippen molar-refractivity contribution < 1.29 is 10.2 Å². The molecule has 2 aromatic rings. The molecule has 2 aromatic carbocycles. The first kappa shape index (κ1) is 21.5. The molecule has 0 unspecified atom stereocenters. The van der Waals surface area contributed by atoms with E-state index in [-0.39, 0.29) is 12.5 Å². The first-order chi connectivity index (χ1) is 12.9. The molecule has 3 nitrogen and oxygen atoms in total. The predicted octanol–water partition coefficient (Wildman–Crippen LogP) is 5.31. The zero-order chi connectivity index (χ0) is 19.8. The maximum atomic E-state index is 10.5. The van der Waals surface area contributed by atoms with Crippen molar-refractivity contribution in [1.82, 2.24) is 4.90 Å². The van der Waals surface area contributed by atoms with E-state index >= 15 is 0 Å². The van der Waals surface area contributed by atoms with Crippen LogP contribution in [0.25, 0.3) is 0 Å². The van der Waals surface area contributed by atoms with Crippen molar-refractivity contribution in [2.75, 3.05) is 6.54 Å². The zero-order valence-corrected chi connectivity index (χ0v) is 17.2. The monoisotopic (exact) mass is 369 g/mol. The van der Waals surface area contributed by atoms with E-state index in [1.165, 1.54) is 5.56 Å². The van der Waals surface area contributed by atoms with Crippen LogP contribution in [0.15, 0.2) is 48.5 Å². The summed E-state index contributed by atoms with van der Waals surface area (Å²) in [4.78, 5) is 2.53. The molecule has 148 valence electrons. The van der Waals surface area contributed by atoms with Crippen LogP contribution < -0.4 is 0 Å². The third kappa shape index (κ3) is 6.08. The molecule has 3 heteroatoms. The smallest absolute Gasteiger partial charge is 0.119 e. The fourth-order valence-electron chi connectivity index (χ4n) is 3.92. The van der Waals surface area contributed by atoms with Crippen LogP contribution in [-0.4, -0.2) is 33.7 Å². The second-order valence-corrected chi connectivity index (χ2v) is 7.94. The SMILES string of the molecule is CC(C)N(CCCC[C@@H](c1ccccc1)c1cc(CO)ccc1O)C(C)C. The summed E-state index contributed by atoms with van der Waals surface area (Å²) in [6.07, 6.45) is 3.22. The number of nitrogens with zero attached hydrogens (tertiary/aromatic N) is 1. The third-order valence-corrected chi connectivity index (χ3v) is 5.34. The Kier molecular flexibility index (Phi) is 8.33. The van der Waals surface area contributed by atoms with E-state index < -0.39 is 0 Å². The highest BCUT2D eigenvalue weighted by Gasteiger charge is 2.19. The van der Waals surface area contributed by atoms with Gasteiger partial charge in [0.25, 0.3) is 0 Å². The van der Waals surface area contributed by atoms with E-state index in [0.29, 0.717) is 17.8 Å². The summed E-state index contributed by atoms with van der Waals surface area (Å²) in [6.45, 7) is 10.1. The number of aromatic hydroxyl groups is 1. The summed E-state index contributed by atoms with van der Waals surface area (Å²) < 4.78 is 0. The summed E-state index contributed by atoms with van der Waals surface area (Å²) in [5.74, 6) is 0.455. The Morgan fingerprint density at radius 1 is 0.889 bits per heavy atom. The van der Waals surface area contributed by atoms with Gasteiger partial charge in [0.2, 0.25) is 0 Å². The number of hydrogen-bond donors (Lipinski definition) is 2. The highest BCUT2D eigenvalue weighted by molar-refractivity contribution is 5.43. The molecule has 0 heterocycles. The van der Waals surface area contributed by atoms with Gasteiger partial charge in [-0.1, -0.05) is 42.8 Å². The molecule has 0 radical (unpaired) electrons. The van der Waals surface area contributed by atoms with E-state index in [1.807, 2.05) is 12.1 Å². The van der Waals surface area contributed by atoms with Gasteiger partial charge in [0.05, 0.1) is 6.61 Å². The van der Waals surface area contributed by atoms with E-state index in [4.69, 9.17) is 0 Å². The van der Waals surface area contributed by atoms with E-state index in [0.717, 1.165) is 36.9 Å². The van der Waals surface area contributed by atoms with Crippen LogP contribution in [0.3, 0.4) is 0 Å². The fourth-order valence-corrected chi connectivity index (χ4v) is 3.92. The van der Waals surface area contributed by atoms with Crippen LogP contribution in [0.5, 0.6) is 5.75 Å². The molecular weight excluding hydrogens is 334 g/mol. The molecule has 0 aliphatic heterocycles. The standard InChI is InChI=1S/C24H35NO2/c1-18(2)25(19(3)4)15-9-8-12-22(21-10-6-5-7-11-21)23-16-20(17-26)13-14-24(23)27/h5-7,10-11,13-14,16,18-19,22,26-27H,8-9,12,15,17H2,1-4H3/t22-/m0/s1. The lowest BCUT2D eigenvalue weighted by molar-refractivity contribution is 0.171. The van der Waals surface area contributed by atoms with Gasteiger partial charge in [-0.25, -0.2) is 0 Å². The summed E-state index contributed by atoms with van der Waals surface area (Å²) in [6, 6.07) is 16.9. The Morgan fingerprint density at radius 2 is 1.56 bits per heavy atom. The van der Waals surface area contributed by atoms with Gasteiger partial charge in [-0.3, -0.25) is 4.90 Å². The molecule has 0 aromatic heterocycles. The number of hydrogen-bond acceptors (Lipinski definition) is 3. The van der Waals surface area contributed by atoms with Crippen molar-refractivity contribution in [2.24, 2.45) is 0 Å². The van der Waals surface area contributed by atoms with Gasteiger partial charge in [-0.2, -0.15) is 0 Å². The average Bonchev–Trinajstić information content (AvgIpc) is 2.65. The highest BCUT2D eigenvalue weighted by atomic mass is 16.3. The Bertz CT molecular complexity index is 674. The van der Waals surface area contributed by atoms with Crippen molar-refractivity contribution in [2.45, 2.75) is 71.6 Å². The van der Waals surface area contributed by atoms with Gasteiger partial charge in [0, 0.05) is 23.6 Å². The predicted molar refractivity (Wildman–Crippen MR) is 113 cm³/mol. The molecule has 2 N–H and O–H groups in total. The number of unbranched alkanes of at least 4 members (excludes halogenated alkanes) is 1. The van der Waals surface area contributed by atoms with Crippen LogP contribution in [-0.2, 0) is 6.61 Å². The van der Waals surface area contributed by atoms with Crippen LogP contribution in [0.4, 0.5) is 0 Å². The number of phenols is 1. The molecule has 0 saturated carbocycles. The maximum Gasteiger partial charge on any atom is 0.119 e. The van der Waals surface area contributed by atoms with Gasteiger partial charge >= 0.3 is 0 Å². The van der Waals surface area contributed by atoms with Crippen LogP contribution in [0.1, 0.15) is 69.6 Å². The Morgan fingerprint density at radius 3 is 2.15 bits per heavy atom. The molecule has 0 bridgehead atoms. The highest BCUT2D eigenvalue weighted by Crippen LogP contribution is 2.35. The van der Waals surface area contributed by atoms with Crippen molar-refractivity contribution in [3.8, 4) is 5.75 Å². The number of aliphatic hydroxyl groups excluding tert-OH is 1. The molecule has 0 fully saturated rings. The Labute approximate surface area is 164 Å². The Hall–Kier alpha value is -1.84. The van der Waals surface area contributed by atoms with Crippen molar-refractivity contribution in [1.29, 1.82) is 0 Å². The second kappa shape index (κ2) is 10.5. The van der Waals surface area contributed by atoms with E-state index in [1.54, 1.807) is 12.1 Å². The lowest BCUT2D eigenvalue weighted by atomic mass is 9.85. The summed E-state index contributed by atoms with van der Waals surface area (Å²) in [5.41, 5.74) is 2.97. The van der Waals surface area contributed by atoms with Gasteiger partial charge in [0.15, 0.2) is 0 Å². The fraction of sp³-hybridized carbons (Fsp3) is 0.500. The molecule has 0 aliphatic rings. The molecular formula is C24H35NO2. The minimum Gasteiger partial charge on any atom is -0.508 e. The lowest BCUT2D eigenvalue weighted by Crippen LogP contribution is -2.37. The van der Waals surface area contributed by atoms with Crippen LogP contribution in [0.2, 0.25) is 0 Å². The Balaban J connectivity index is 2.13. The quantitative estimate of drug-likeness (QED) is 0.558. The first-order valence-electron chi connectivity index (χ1n) is 10.2. The van der Waals surface area contributed by atoms with Gasteiger partial charge in [-0.15, -0.1) is 0 Å². The minimum absolute atomic E-state index is 0.00741. The molecule has 27 heavy (non-hydrogen) atoms. The van der Waals surface area contributed by atoms with Gasteiger partial charge < -0.3 is 10.2 Å². The molecule has 0 saturated heterocycles. The van der Waals surface area contributed by atoms with E-state index in [2.05, 4.69) is 56.9 Å². The van der Waals surface area contributed by atoms with Gasteiger partial charge in [-0.05, 0) is 70.3 Å². The van der Waals surface area contributed by atoms with Gasteiger partial charge in [0.1, 0.15) is 5.75 Å². The lowest BCUT2D eigenvalue weighted by Gasteiger charge is -2.30. The summed E-state index contributed by atoms with van der Waals surface area (Å²) in [7, 11) is 0. The normalized spacial score (nSPS) is 12.9. The topological polar surface area (TPSA) is 43.7 Å². The molecule has 1 atom stereocenters. The third-order valence-electron chi connectivity index (χ3n) is 5.34. The van der Waals surface area contributed by atoms with Crippen molar-refractivity contribution >= 4 is 0 Å². The number of rotatable bonds is 10. The zero-order valence-electron chi connectivity index (χ0n) is 17.2. The van der Waals surface area contributed by atoms with Crippen molar-refractivity contribution in [3.63, 3.8) is 0 Å². The van der Waals surface area contributed by atoms with Crippen LogP contribution >= 0.6 is 0 Å². The minimum atomic E-state index is -0.00741. The second-order valence-electron chi connectivity index (χ2n) is 7.94. The number of phenolic OH excluding ortho intramolecular Hbond substituents is 1. The summed E-state index contributed by atoms with van der Waals surface area (Å²) >= 11 is 0. The molecule has 0 aliphatic carbocycles. The maximum absolute atomic E-state index is 10.5. The van der Waals surface area contributed by atoms with Crippen LogP contribution in [0, 0.1) is 0 Å². The largest absolute Gasteiger partial charge is 0.508 e. The average molecular weight is 370 g/mol. The van der Waals surface area contributed by atoms with E-state index in [9.17, 15) is 10.2 Å². The number of benzene rings is 2. The molecule has 0 amide bonds. The first-order valence-corrected chi connectivity index (χ1v) is 10.2.